The Hall–Kier alpha value is -2.84. The van der Waals surface area contributed by atoms with Gasteiger partial charge in [0.15, 0.2) is 5.82 Å². The highest BCUT2D eigenvalue weighted by atomic mass is 32.1. The van der Waals surface area contributed by atoms with Crippen LogP contribution in [-0.4, -0.2) is 30.1 Å². The fourth-order valence-electron chi connectivity index (χ4n) is 4.52. The van der Waals surface area contributed by atoms with Crippen molar-refractivity contribution in [3.05, 3.63) is 73.5 Å². The van der Waals surface area contributed by atoms with Gasteiger partial charge in [-0.25, -0.2) is 4.68 Å². The van der Waals surface area contributed by atoms with Crippen molar-refractivity contribution in [2.24, 2.45) is 0 Å². The van der Waals surface area contributed by atoms with E-state index in [0.29, 0.717) is 6.54 Å². The minimum absolute atomic E-state index is 0.0304. The molecule has 0 amide bonds. The smallest absolute Gasteiger partial charge is 0.252 e. The van der Waals surface area contributed by atoms with Crippen molar-refractivity contribution >= 4 is 22.2 Å². The summed E-state index contributed by atoms with van der Waals surface area (Å²) in [6.07, 6.45) is 1.74. The van der Waals surface area contributed by atoms with Crippen LogP contribution in [0.4, 0.5) is 0 Å². The number of pyridine rings is 1. The van der Waals surface area contributed by atoms with E-state index in [0.717, 1.165) is 52.8 Å². The Morgan fingerprint density at radius 2 is 1.97 bits per heavy atom. The normalized spacial score (nSPS) is 13.1. The molecule has 1 unspecified atom stereocenters. The van der Waals surface area contributed by atoms with E-state index in [1.807, 2.05) is 10.7 Å². The Bertz CT molecular complexity index is 1320. The molecule has 4 aromatic rings. The molecule has 1 aromatic carbocycles. The third-order valence-corrected chi connectivity index (χ3v) is 7.62. The standard InChI is InChI=1S/C26H34N6OS/c1-7-23(24-28-29-30-32(24)26(5,6)8-2)31(16-20-10-9-11-34-20)15-19-14-21-18(4)12-17(3)13-22(21)27-25(19)33/h9-14,23H,7-8,15-16H2,1-6H3,(H,27,33). The van der Waals surface area contributed by atoms with Crippen LogP contribution < -0.4 is 5.56 Å². The van der Waals surface area contributed by atoms with Gasteiger partial charge < -0.3 is 4.98 Å². The van der Waals surface area contributed by atoms with Gasteiger partial charge >= 0.3 is 0 Å². The van der Waals surface area contributed by atoms with Crippen LogP contribution in [-0.2, 0) is 18.6 Å². The number of nitrogens with zero attached hydrogens (tertiary/aromatic N) is 5. The van der Waals surface area contributed by atoms with Crippen molar-refractivity contribution in [3.8, 4) is 0 Å². The average Bonchev–Trinajstić information content (AvgIpc) is 3.48. The van der Waals surface area contributed by atoms with Crippen molar-refractivity contribution in [1.29, 1.82) is 0 Å². The number of hydrogen-bond acceptors (Lipinski definition) is 6. The van der Waals surface area contributed by atoms with E-state index in [9.17, 15) is 4.79 Å². The molecule has 0 spiro atoms. The van der Waals surface area contributed by atoms with E-state index >= 15 is 0 Å². The molecule has 3 aromatic heterocycles. The Morgan fingerprint density at radius 3 is 2.65 bits per heavy atom. The Balaban J connectivity index is 1.78. The second-order valence-corrected chi connectivity index (χ2v) is 10.7. The molecule has 0 aliphatic heterocycles. The second kappa shape index (κ2) is 9.80. The van der Waals surface area contributed by atoms with Crippen molar-refractivity contribution in [1.82, 2.24) is 30.1 Å². The minimum atomic E-state index is -0.198. The van der Waals surface area contributed by atoms with Crippen LogP contribution in [0, 0.1) is 13.8 Å². The molecule has 4 rings (SSSR count). The molecular formula is C26H34N6OS. The van der Waals surface area contributed by atoms with Crippen LogP contribution in [0.15, 0.2) is 40.5 Å². The lowest BCUT2D eigenvalue weighted by Gasteiger charge is -2.32. The third-order valence-electron chi connectivity index (χ3n) is 6.76. The molecular weight excluding hydrogens is 444 g/mol. The first-order chi connectivity index (χ1) is 16.2. The van der Waals surface area contributed by atoms with Gasteiger partial charge in [0.1, 0.15) is 0 Å². The number of rotatable bonds is 9. The van der Waals surface area contributed by atoms with Crippen molar-refractivity contribution in [2.75, 3.05) is 0 Å². The summed E-state index contributed by atoms with van der Waals surface area (Å²) in [6, 6.07) is 10.4. The predicted octanol–water partition coefficient (Wildman–Crippen LogP) is 5.49. The van der Waals surface area contributed by atoms with Crippen LogP contribution in [0.5, 0.6) is 0 Å². The molecule has 0 aliphatic carbocycles. The maximum atomic E-state index is 13.1. The number of H-pyrrole nitrogens is 1. The highest BCUT2D eigenvalue weighted by Crippen LogP contribution is 2.31. The van der Waals surface area contributed by atoms with Gasteiger partial charge in [0, 0.05) is 34.4 Å². The maximum absolute atomic E-state index is 13.1. The number of fused-ring (bicyclic) bond motifs is 1. The highest BCUT2D eigenvalue weighted by molar-refractivity contribution is 7.09. The van der Waals surface area contributed by atoms with Gasteiger partial charge in [-0.3, -0.25) is 9.69 Å². The molecule has 0 saturated heterocycles. The van der Waals surface area contributed by atoms with Crippen molar-refractivity contribution in [2.45, 2.75) is 79.1 Å². The summed E-state index contributed by atoms with van der Waals surface area (Å²) in [6.45, 7) is 14.0. The Morgan fingerprint density at radius 1 is 1.18 bits per heavy atom. The number of aromatic nitrogens is 5. The molecule has 0 aliphatic rings. The van der Waals surface area contributed by atoms with Gasteiger partial charge in [-0.2, -0.15) is 0 Å². The molecule has 34 heavy (non-hydrogen) atoms. The predicted molar refractivity (Wildman–Crippen MR) is 138 cm³/mol. The lowest BCUT2D eigenvalue weighted by atomic mass is 10.0. The van der Waals surface area contributed by atoms with Crippen LogP contribution >= 0.6 is 11.3 Å². The van der Waals surface area contributed by atoms with Crippen molar-refractivity contribution in [3.63, 3.8) is 0 Å². The van der Waals surface area contributed by atoms with Gasteiger partial charge in [-0.05, 0) is 85.7 Å². The maximum Gasteiger partial charge on any atom is 0.252 e. The van der Waals surface area contributed by atoms with E-state index < -0.39 is 0 Å². The van der Waals surface area contributed by atoms with E-state index in [4.69, 9.17) is 0 Å². The first-order valence-electron chi connectivity index (χ1n) is 11.9. The van der Waals surface area contributed by atoms with Crippen LogP contribution in [0.3, 0.4) is 0 Å². The van der Waals surface area contributed by atoms with Gasteiger partial charge in [0.25, 0.3) is 5.56 Å². The number of benzene rings is 1. The van der Waals surface area contributed by atoms with Crippen LogP contribution in [0.2, 0.25) is 0 Å². The first kappa shape index (κ1) is 24.3. The first-order valence-corrected chi connectivity index (χ1v) is 12.8. The van der Waals surface area contributed by atoms with Crippen molar-refractivity contribution < 1.29 is 0 Å². The zero-order chi connectivity index (χ0) is 24.5. The molecule has 8 heteroatoms. The number of thiophene rings is 1. The zero-order valence-electron chi connectivity index (χ0n) is 20.9. The monoisotopic (exact) mass is 478 g/mol. The summed E-state index contributed by atoms with van der Waals surface area (Å²) in [5.41, 5.74) is 3.70. The Kier molecular flexibility index (Phi) is 7.00. The fourth-order valence-corrected chi connectivity index (χ4v) is 5.25. The number of aryl methyl sites for hydroxylation is 2. The quantitative estimate of drug-likeness (QED) is 0.344. The summed E-state index contributed by atoms with van der Waals surface area (Å²) in [4.78, 5) is 19.8. The summed E-state index contributed by atoms with van der Waals surface area (Å²) >= 11 is 1.73. The van der Waals surface area contributed by atoms with Gasteiger partial charge in [0.05, 0.1) is 11.6 Å². The molecule has 0 bridgehead atoms. The zero-order valence-corrected chi connectivity index (χ0v) is 21.7. The van der Waals surface area contributed by atoms with E-state index in [1.54, 1.807) is 11.3 Å². The highest BCUT2D eigenvalue weighted by Gasteiger charge is 2.31. The molecule has 0 saturated carbocycles. The third kappa shape index (κ3) is 4.83. The molecule has 0 fully saturated rings. The van der Waals surface area contributed by atoms with Gasteiger partial charge in [-0.1, -0.05) is 26.0 Å². The molecule has 1 atom stereocenters. The molecule has 180 valence electrons. The van der Waals surface area contributed by atoms with E-state index in [1.165, 1.54) is 4.88 Å². The molecule has 3 heterocycles. The molecule has 1 N–H and O–H groups in total. The topological polar surface area (TPSA) is 79.7 Å². The SMILES string of the molecule is CCC(c1nnnn1C(C)(C)CC)N(Cc1cccs1)Cc1cc2c(C)cc(C)cc2[nH]c1=O. The van der Waals surface area contributed by atoms with E-state index in [-0.39, 0.29) is 17.1 Å². The average molecular weight is 479 g/mol. The summed E-state index contributed by atoms with van der Waals surface area (Å²) in [5, 5.41) is 16.0. The molecule has 0 radical (unpaired) electrons. The lowest BCUT2D eigenvalue weighted by molar-refractivity contribution is 0.152. The van der Waals surface area contributed by atoms with Gasteiger partial charge in [0.2, 0.25) is 0 Å². The number of nitrogens with one attached hydrogen (secondary N) is 1. The van der Waals surface area contributed by atoms with E-state index in [2.05, 4.69) is 96.6 Å². The number of hydrogen-bond donors (Lipinski definition) is 1. The van der Waals surface area contributed by atoms with Gasteiger partial charge in [-0.15, -0.1) is 16.4 Å². The number of aromatic amines is 1. The Labute approximate surface area is 204 Å². The van der Waals surface area contributed by atoms with Crippen LogP contribution in [0.1, 0.15) is 74.0 Å². The molecule has 7 nitrogen and oxygen atoms in total. The summed E-state index contributed by atoms with van der Waals surface area (Å²) in [7, 11) is 0. The lowest BCUT2D eigenvalue weighted by Crippen LogP contribution is -2.36. The summed E-state index contributed by atoms with van der Waals surface area (Å²) < 4.78 is 1.96. The second-order valence-electron chi connectivity index (χ2n) is 9.69. The summed E-state index contributed by atoms with van der Waals surface area (Å²) in [5.74, 6) is 0.843. The largest absolute Gasteiger partial charge is 0.322 e. The fraction of sp³-hybridized carbons (Fsp3) is 0.462. The number of tetrazole rings is 1. The minimum Gasteiger partial charge on any atom is -0.322 e. The van der Waals surface area contributed by atoms with Crippen LogP contribution in [0.25, 0.3) is 10.9 Å².